The van der Waals surface area contributed by atoms with E-state index in [9.17, 15) is 0 Å². The number of alkyl halides is 1. The summed E-state index contributed by atoms with van der Waals surface area (Å²) in [6.45, 7) is 4.57. The Kier molecular flexibility index (Phi) is 7.59. The van der Waals surface area contributed by atoms with Crippen LogP contribution in [0.2, 0.25) is 0 Å². The van der Waals surface area contributed by atoms with Gasteiger partial charge in [0.1, 0.15) is 0 Å². The maximum Gasteiger partial charge on any atom is 0.0283 e. The highest BCUT2D eigenvalue weighted by atomic mass is 79.9. The Morgan fingerprint density at radius 1 is 0.941 bits per heavy atom. The van der Waals surface area contributed by atoms with E-state index in [1.54, 1.807) is 0 Å². The van der Waals surface area contributed by atoms with E-state index in [-0.39, 0.29) is 0 Å². The first kappa shape index (κ1) is 14.8. The third-order valence-electron chi connectivity index (χ3n) is 3.42. The summed E-state index contributed by atoms with van der Waals surface area (Å²) in [5.74, 6) is 0.777. The van der Waals surface area contributed by atoms with Crippen LogP contribution < -0.4 is 0 Å². The highest BCUT2D eigenvalue weighted by Gasteiger charge is 2.10. The summed E-state index contributed by atoms with van der Waals surface area (Å²) < 4.78 is 0. The smallest absolute Gasteiger partial charge is 0.0283 e. The molecule has 0 nitrogen and oxygen atoms in total. The van der Waals surface area contributed by atoms with Gasteiger partial charge in [-0.1, -0.05) is 79.7 Å². The number of benzene rings is 1. The van der Waals surface area contributed by atoms with Gasteiger partial charge in [-0.3, -0.25) is 0 Å². The van der Waals surface area contributed by atoms with Crippen molar-refractivity contribution in [1.82, 2.24) is 0 Å². The van der Waals surface area contributed by atoms with E-state index in [0.29, 0.717) is 0 Å². The Labute approximate surface area is 115 Å². The summed E-state index contributed by atoms with van der Waals surface area (Å²) in [5, 5.41) is 0.960. The third-order valence-corrected chi connectivity index (χ3v) is 4.07. The molecule has 1 rings (SSSR count). The normalized spacial score (nSPS) is 11.1. The minimum atomic E-state index is 0.777. The summed E-state index contributed by atoms with van der Waals surface area (Å²) in [7, 11) is 0. The van der Waals surface area contributed by atoms with E-state index < -0.39 is 0 Å². The van der Waals surface area contributed by atoms with Gasteiger partial charge in [0.05, 0.1) is 0 Å². The maximum atomic E-state index is 3.50. The van der Waals surface area contributed by atoms with E-state index in [2.05, 4.69) is 54.0 Å². The molecule has 17 heavy (non-hydrogen) atoms. The Morgan fingerprint density at radius 3 is 1.88 bits per heavy atom. The molecule has 0 aliphatic carbocycles. The number of halogens is 1. The van der Waals surface area contributed by atoms with Crippen molar-refractivity contribution >= 4 is 15.9 Å². The van der Waals surface area contributed by atoms with Crippen molar-refractivity contribution in [3.63, 3.8) is 0 Å². The predicted molar refractivity (Wildman–Crippen MR) is 80.9 cm³/mol. The molecular weight excluding hydrogens is 272 g/mol. The number of rotatable bonds is 8. The minimum absolute atomic E-state index is 0.777. The van der Waals surface area contributed by atoms with Crippen LogP contribution in [0.15, 0.2) is 24.3 Å². The summed E-state index contributed by atoms with van der Waals surface area (Å²) >= 11 is 3.50. The van der Waals surface area contributed by atoms with Gasteiger partial charge in [0.15, 0.2) is 0 Å². The van der Waals surface area contributed by atoms with Crippen LogP contribution in [-0.4, -0.2) is 0 Å². The van der Waals surface area contributed by atoms with E-state index in [0.717, 1.165) is 11.2 Å². The minimum Gasteiger partial charge on any atom is -0.0876 e. The zero-order valence-corrected chi connectivity index (χ0v) is 12.8. The van der Waals surface area contributed by atoms with Crippen molar-refractivity contribution < 1.29 is 0 Å². The van der Waals surface area contributed by atoms with Crippen LogP contribution in [0.3, 0.4) is 0 Å². The van der Waals surface area contributed by atoms with Crippen LogP contribution in [0, 0.1) is 0 Å². The molecule has 0 spiro atoms. The van der Waals surface area contributed by atoms with Crippen LogP contribution in [0.5, 0.6) is 0 Å². The van der Waals surface area contributed by atoms with Gasteiger partial charge in [-0.15, -0.1) is 0 Å². The Hall–Kier alpha value is -0.300. The lowest BCUT2D eigenvalue weighted by Crippen LogP contribution is -1.99. The van der Waals surface area contributed by atoms with Crippen molar-refractivity contribution in [1.29, 1.82) is 0 Å². The average Bonchev–Trinajstić information content (AvgIpc) is 2.39. The van der Waals surface area contributed by atoms with Crippen molar-refractivity contribution in [2.75, 3.05) is 0 Å². The Balaban J connectivity index is 2.65. The maximum absolute atomic E-state index is 3.50. The molecule has 0 aliphatic rings. The fraction of sp³-hybridized carbons (Fsp3) is 0.625. The standard InChI is InChI=1S/C16H25Br/c1-3-5-7-15(8-6-4-2)16-11-9-14(13-17)10-12-16/h9-12,15H,3-8,13H2,1-2H3. The van der Waals surface area contributed by atoms with Gasteiger partial charge in [0.2, 0.25) is 0 Å². The summed E-state index contributed by atoms with van der Waals surface area (Å²) in [4.78, 5) is 0. The Bertz CT molecular complexity index is 281. The van der Waals surface area contributed by atoms with E-state index >= 15 is 0 Å². The molecule has 96 valence electrons. The van der Waals surface area contributed by atoms with Crippen molar-refractivity contribution in [2.45, 2.75) is 63.6 Å². The molecule has 0 saturated carbocycles. The number of unbranched alkanes of at least 4 members (excludes halogenated alkanes) is 2. The molecule has 0 heterocycles. The quantitative estimate of drug-likeness (QED) is 0.513. The fourth-order valence-electron chi connectivity index (χ4n) is 2.26. The second-order valence-electron chi connectivity index (χ2n) is 4.86. The average molecular weight is 297 g/mol. The van der Waals surface area contributed by atoms with Gasteiger partial charge < -0.3 is 0 Å². The third kappa shape index (κ3) is 5.25. The monoisotopic (exact) mass is 296 g/mol. The summed E-state index contributed by atoms with van der Waals surface area (Å²) in [5.41, 5.74) is 2.91. The topological polar surface area (TPSA) is 0 Å². The van der Waals surface area contributed by atoms with Gasteiger partial charge in [-0.2, -0.15) is 0 Å². The number of hydrogen-bond donors (Lipinski definition) is 0. The molecule has 1 aromatic rings. The van der Waals surface area contributed by atoms with Crippen LogP contribution in [0.25, 0.3) is 0 Å². The summed E-state index contributed by atoms with van der Waals surface area (Å²) in [6, 6.07) is 9.17. The first-order chi connectivity index (χ1) is 8.31. The highest BCUT2D eigenvalue weighted by Crippen LogP contribution is 2.28. The second kappa shape index (κ2) is 8.74. The second-order valence-corrected chi connectivity index (χ2v) is 5.42. The first-order valence-corrected chi connectivity index (χ1v) is 8.08. The molecule has 0 N–H and O–H groups in total. The van der Waals surface area contributed by atoms with Gasteiger partial charge in [0, 0.05) is 5.33 Å². The molecule has 0 fully saturated rings. The van der Waals surface area contributed by atoms with Crippen LogP contribution in [-0.2, 0) is 5.33 Å². The molecule has 1 heteroatoms. The van der Waals surface area contributed by atoms with Gasteiger partial charge in [-0.05, 0) is 29.9 Å². The molecule has 0 aromatic heterocycles. The lowest BCUT2D eigenvalue weighted by atomic mass is 9.89. The molecule has 0 saturated heterocycles. The van der Waals surface area contributed by atoms with Crippen LogP contribution in [0.4, 0.5) is 0 Å². The van der Waals surface area contributed by atoms with Crippen molar-refractivity contribution in [3.05, 3.63) is 35.4 Å². The lowest BCUT2D eigenvalue weighted by molar-refractivity contribution is 0.525. The van der Waals surface area contributed by atoms with Gasteiger partial charge in [0.25, 0.3) is 0 Å². The van der Waals surface area contributed by atoms with E-state index in [1.165, 1.54) is 49.7 Å². The SMILES string of the molecule is CCCCC(CCCC)c1ccc(CBr)cc1. The molecular formula is C16H25Br. The zero-order chi connectivity index (χ0) is 12.5. The lowest BCUT2D eigenvalue weighted by Gasteiger charge is -2.17. The van der Waals surface area contributed by atoms with Crippen molar-refractivity contribution in [3.8, 4) is 0 Å². The first-order valence-electron chi connectivity index (χ1n) is 6.96. The molecule has 0 atom stereocenters. The van der Waals surface area contributed by atoms with E-state index in [1.807, 2.05) is 0 Å². The van der Waals surface area contributed by atoms with Gasteiger partial charge in [-0.25, -0.2) is 0 Å². The molecule has 1 aromatic carbocycles. The summed E-state index contributed by atoms with van der Waals surface area (Å²) in [6.07, 6.45) is 8.03. The Morgan fingerprint density at radius 2 is 1.47 bits per heavy atom. The fourth-order valence-corrected chi connectivity index (χ4v) is 2.63. The molecule has 0 amide bonds. The van der Waals surface area contributed by atoms with E-state index in [4.69, 9.17) is 0 Å². The molecule has 0 bridgehead atoms. The number of hydrogen-bond acceptors (Lipinski definition) is 0. The largest absolute Gasteiger partial charge is 0.0876 e. The zero-order valence-electron chi connectivity index (χ0n) is 11.2. The molecule has 0 radical (unpaired) electrons. The predicted octanol–water partition coefficient (Wildman–Crippen LogP) is 6.05. The highest BCUT2D eigenvalue weighted by molar-refractivity contribution is 9.08. The molecule has 0 aliphatic heterocycles. The van der Waals surface area contributed by atoms with Crippen molar-refractivity contribution in [2.24, 2.45) is 0 Å². The van der Waals surface area contributed by atoms with Crippen LogP contribution >= 0.6 is 15.9 Å². The van der Waals surface area contributed by atoms with Crippen LogP contribution in [0.1, 0.15) is 69.4 Å². The molecule has 0 unspecified atom stereocenters. The van der Waals surface area contributed by atoms with Gasteiger partial charge >= 0.3 is 0 Å².